The largest absolute Gasteiger partial charge is 0.497 e. The summed E-state index contributed by atoms with van der Waals surface area (Å²) in [7, 11) is 2.88. The lowest BCUT2D eigenvalue weighted by Gasteiger charge is -2.07. The van der Waals surface area contributed by atoms with E-state index in [1.54, 1.807) is 31.4 Å². The molecule has 1 aromatic rings. The smallest absolute Gasteiger partial charge is 0.325 e. The average molecular weight is 322 g/mol. The van der Waals surface area contributed by atoms with Crippen LogP contribution in [0.5, 0.6) is 5.75 Å². The Balaban J connectivity index is 1.97. The minimum Gasteiger partial charge on any atom is -0.497 e. The van der Waals surface area contributed by atoms with Crippen molar-refractivity contribution < 1.29 is 33.6 Å². The predicted molar refractivity (Wildman–Crippen MR) is 77.7 cm³/mol. The first-order valence-electron chi connectivity index (χ1n) is 7.12. The summed E-state index contributed by atoms with van der Waals surface area (Å²) in [6, 6.07) is 6.85. The predicted octanol–water partition coefficient (Wildman–Crippen LogP) is 0.886. The minimum absolute atomic E-state index is 0.0171. The summed E-state index contributed by atoms with van der Waals surface area (Å²) in [5.41, 5.74) is 0.697. The number of benzene rings is 1. The number of hydrogen-bond acceptors (Lipinski definition) is 7. The zero-order chi connectivity index (χ0) is 16.8. The number of rotatable bonds is 8. The average Bonchev–Trinajstić information content (AvgIpc) is 2.82. The van der Waals surface area contributed by atoms with Gasteiger partial charge in [0.15, 0.2) is 23.6 Å². The standard InChI is InChI=1S/C16H18O7/c1-20-11-5-3-10(4-6-11)9-12(17)14-15(18)13(23-16(14)19)7-8-22-21-2/h3-6,13-14H,7-9H2,1-2H3. The lowest BCUT2D eigenvalue weighted by Crippen LogP contribution is -2.29. The highest BCUT2D eigenvalue weighted by molar-refractivity contribution is 6.22. The molecule has 0 bridgehead atoms. The van der Waals surface area contributed by atoms with E-state index in [1.807, 2.05) is 0 Å². The van der Waals surface area contributed by atoms with E-state index in [2.05, 4.69) is 9.78 Å². The molecule has 0 N–H and O–H groups in total. The summed E-state index contributed by atoms with van der Waals surface area (Å²) in [6.45, 7) is 0.0968. The van der Waals surface area contributed by atoms with E-state index < -0.39 is 29.6 Å². The number of Topliss-reactive ketones (excluding diaryl/α,β-unsaturated/α-hetero) is 2. The van der Waals surface area contributed by atoms with E-state index in [1.165, 1.54) is 7.11 Å². The van der Waals surface area contributed by atoms with E-state index in [4.69, 9.17) is 9.47 Å². The molecule has 7 nitrogen and oxygen atoms in total. The lowest BCUT2D eigenvalue weighted by atomic mass is 9.93. The maximum Gasteiger partial charge on any atom is 0.325 e. The van der Waals surface area contributed by atoms with Gasteiger partial charge in [0.1, 0.15) is 5.75 Å². The molecule has 0 aromatic heterocycles. The SMILES string of the molecule is COOCCC1OC(=O)C(C(=O)Cc2ccc(OC)cc2)C1=O. The van der Waals surface area contributed by atoms with E-state index >= 15 is 0 Å². The summed E-state index contributed by atoms with van der Waals surface area (Å²) < 4.78 is 10.00. The van der Waals surface area contributed by atoms with Gasteiger partial charge in [-0.15, -0.1) is 0 Å². The molecule has 0 saturated carbocycles. The summed E-state index contributed by atoms with van der Waals surface area (Å²) in [4.78, 5) is 45.3. The van der Waals surface area contributed by atoms with Gasteiger partial charge in [-0.3, -0.25) is 14.4 Å². The lowest BCUT2D eigenvalue weighted by molar-refractivity contribution is -0.274. The van der Waals surface area contributed by atoms with Crippen LogP contribution in [0.4, 0.5) is 0 Å². The van der Waals surface area contributed by atoms with Gasteiger partial charge in [0.25, 0.3) is 0 Å². The van der Waals surface area contributed by atoms with Crippen LogP contribution in [-0.4, -0.2) is 44.5 Å². The molecule has 0 aliphatic carbocycles. The molecule has 0 radical (unpaired) electrons. The van der Waals surface area contributed by atoms with Gasteiger partial charge in [0, 0.05) is 12.8 Å². The normalized spacial score (nSPS) is 20.4. The fraction of sp³-hybridized carbons (Fsp3) is 0.438. The maximum atomic E-state index is 12.3. The first kappa shape index (κ1) is 17.1. The number of esters is 1. The summed E-state index contributed by atoms with van der Waals surface area (Å²) in [5.74, 6) is -2.48. The van der Waals surface area contributed by atoms with Crippen LogP contribution in [-0.2, 0) is 35.3 Å². The number of hydrogen-bond donors (Lipinski definition) is 0. The molecule has 23 heavy (non-hydrogen) atoms. The molecule has 1 aliphatic heterocycles. The third kappa shape index (κ3) is 4.14. The van der Waals surface area contributed by atoms with Crippen molar-refractivity contribution in [2.75, 3.05) is 20.8 Å². The van der Waals surface area contributed by atoms with Gasteiger partial charge >= 0.3 is 5.97 Å². The van der Waals surface area contributed by atoms with Crippen molar-refractivity contribution in [2.24, 2.45) is 5.92 Å². The number of ether oxygens (including phenoxy) is 2. The molecule has 1 saturated heterocycles. The van der Waals surface area contributed by atoms with Crippen LogP contribution in [0.1, 0.15) is 12.0 Å². The number of carbonyl (C=O) groups is 3. The number of methoxy groups -OCH3 is 1. The zero-order valence-corrected chi connectivity index (χ0v) is 12.9. The minimum atomic E-state index is -1.36. The van der Waals surface area contributed by atoms with Gasteiger partial charge in [-0.2, -0.15) is 0 Å². The summed E-state index contributed by atoms with van der Waals surface area (Å²) in [5, 5.41) is 0. The number of cyclic esters (lactones) is 1. The van der Waals surface area contributed by atoms with Crippen molar-refractivity contribution in [1.82, 2.24) is 0 Å². The van der Waals surface area contributed by atoms with Gasteiger partial charge in [-0.05, 0) is 17.7 Å². The van der Waals surface area contributed by atoms with E-state index in [-0.39, 0.29) is 19.4 Å². The Hall–Kier alpha value is -2.25. The molecule has 2 unspecified atom stereocenters. The Bertz CT molecular complexity index is 579. The van der Waals surface area contributed by atoms with Crippen LogP contribution in [0, 0.1) is 5.92 Å². The van der Waals surface area contributed by atoms with Crippen molar-refractivity contribution in [3.63, 3.8) is 0 Å². The van der Waals surface area contributed by atoms with Crippen molar-refractivity contribution in [3.8, 4) is 5.75 Å². The van der Waals surface area contributed by atoms with Crippen molar-refractivity contribution in [1.29, 1.82) is 0 Å². The third-order valence-corrected chi connectivity index (χ3v) is 3.54. The van der Waals surface area contributed by atoms with E-state index in [0.717, 1.165) is 0 Å². The Morgan fingerprint density at radius 1 is 1.17 bits per heavy atom. The molecule has 0 spiro atoms. The third-order valence-electron chi connectivity index (χ3n) is 3.54. The van der Waals surface area contributed by atoms with Gasteiger partial charge in [-0.1, -0.05) is 12.1 Å². The van der Waals surface area contributed by atoms with Gasteiger partial charge in [0.2, 0.25) is 0 Å². The Morgan fingerprint density at radius 2 is 1.87 bits per heavy atom. The van der Waals surface area contributed by atoms with Crippen LogP contribution >= 0.6 is 0 Å². The summed E-state index contributed by atoms with van der Waals surface area (Å²) >= 11 is 0. The zero-order valence-electron chi connectivity index (χ0n) is 12.9. The second-order valence-electron chi connectivity index (χ2n) is 5.03. The molecule has 1 heterocycles. The Kier molecular flexibility index (Phi) is 5.84. The monoisotopic (exact) mass is 322 g/mol. The highest BCUT2D eigenvalue weighted by atomic mass is 17.2. The topological polar surface area (TPSA) is 88.1 Å². The van der Waals surface area contributed by atoms with Crippen molar-refractivity contribution in [2.45, 2.75) is 18.9 Å². The van der Waals surface area contributed by atoms with E-state index in [9.17, 15) is 14.4 Å². The second kappa shape index (κ2) is 7.85. The highest BCUT2D eigenvalue weighted by Crippen LogP contribution is 2.23. The second-order valence-corrected chi connectivity index (χ2v) is 5.03. The van der Waals surface area contributed by atoms with Crippen LogP contribution in [0.2, 0.25) is 0 Å². The molecular weight excluding hydrogens is 304 g/mol. The number of ketones is 2. The van der Waals surface area contributed by atoms with Crippen LogP contribution in [0.25, 0.3) is 0 Å². The molecule has 0 amide bonds. The molecule has 1 fully saturated rings. The number of carbonyl (C=O) groups excluding carboxylic acids is 3. The van der Waals surface area contributed by atoms with Crippen LogP contribution in [0.15, 0.2) is 24.3 Å². The Morgan fingerprint density at radius 3 is 2.48 bits per heavy atom. The molecule has 1 aromatic carbocycles. The van der Waals surface area contributed by atoms with Crippen molar-refractivity contribution in [3.05, 3.63) is 29.8 Å². The maximum absolute atomic E-state index is 12.3. The highest BCUT2D eigenvalue weighted by Gasteiger charge is 2.47. The van der Waals surface area contributed by atoms with Gasteiger partial charge in [0.05, 0.1) is 20.8 Å². The molecule has 7 heteroatoms. The fourth-order valence-corrected chi connectivity index (χ4v) is 2.34. The first-order chi connectivity index (χ1) is 11.1. The van der Waals surface area contributed by atoms with E-state index in [0.29, 0.717) is 11.3 Å². The molecule has 124 valence electrons. The Labute approximate surface area is 133 Å². The quantitative estimate of drug-likeness (QED) is 0.231. The molecule has 2 atom stereocenters. The molecular formula is C16H18O7. The molecule has 2 rings (SSSR count). The van der Waals surface area contributed by atoms with Crippen LogP contribution < -0.4 is 4.74 Å². The fourth-order valence-electron chi connectivity index (χ4n) is 2.34. The van der Waals surface area contributed by atoms with Gasteiger partial charge < -0.3 is 9.47 Å². The summed E-state index contributed by atoms with van der Waals surface area (Å²) in [6.07, 6.45) is -0.816. The molecule has 1 aliphatic rings. The van der Waals surface area contributed by atoms with Crippen molar-refractivity contribution >= 4 is 17.5 Å². The first-order valence-corrected chi connectivity index (χ1v) is 7.12. The van der Waals surface area contributed by atoms with Gasteiger partial charge in [-0.25, -0.2) is 9.78 Å². The van der Waals surface area contributed by atoms with Crippen LogP contribution in [0.3, 0.4) is 0 Å².